The average Bonchev–Trinajstić information content (AvgIpc) is 3.16. The number of rotatable bonds is 6. The number of urea groups is 1. The van der Waals surface area contributed by atoms with Gasteiger partial charge in [-0.3, -0.25) is 0 Å². The SMILES string of the molecule is CCC(CO)NC(=O)NCC1CCC1.Fc1ccc(-c2cc3cc(F)cc(F)c3[nH]2)cc1. The van der Waals surface area contributed by atoms with Crippen molar-refractivity contribution in [3.63, 3.8) is 0 Å². The van der Waals surface area contributed by atoms with E-state index in [9.17, 15) is 18.0 Å². The Hall–Kier alpha value is -3.00. The second kappa shape index (κ2) is 11.0. The molecular formula is C24H28F3N3O2. The summed E-state index contributed by atoms with van der Waals surface area (Å²) in [6, 6.07) is 9.23. The van der Waals surface area contributed by atoms with Crippen molar-refractivity contribution >= 4 is 16.9 Å². The monoisotopic (exact) mass is 447 g/mol. The summed E-state index contributed by atoms with van der Waals surface area (Å²) in [5, 5.41) is 14.9. The summed E-state index contributed by atoms with van der Waals surface area (Å²) >= 11 is 0. The summed E-state index contributed by atoms with van der Waals surface area (Å²) in [6.07, 6.45) is 4.52. The number of halogens is 3. The smallest absolute Gasteiger partial charge is 0.315 e. The molecule has 1 aromatic heterocycles. The predicted molar refractivity (Wildman–Crippen MR) is 119 cm³/mol. The van der Waals surface area contributed by atoms with E-state index in [1.807, 2.05) is 6.92 Å². The number of hydrogen-bond acceptors (Lipinski definition) is 2. The maximum Gasteiger partial charge on any atom is 0.315 e. The minimum absolute atomic E-state index is 0.00729. The highest BCUT2D eigenvalue weighted by Gasteiger charge is 2.18. The van der Waals surface area contributed by atoms with Gasteiger partial charge in [0.05, 0.1) is 18.2 Å². The van der Waals surface area contributed by atoms with Crippen molar-refractivity contribution in [1.29, 1.82) is 0 Å². The fourth-order valence-corrected chi connectivity index (χ4v) is 3.40. The van der Waals surface area contributed by atoms with Crippen LogP contribution in [0.2, 0.25) is 0 Å². The van der Waals surface area contributed by atoms with Crippen LogP contribution in [0.25, 0.3) is 22.2 Å². The number of aromatic nitrogens is 1. The molecule has 4 rings (SSSR count). The highest BCUT2D eigenvalue weighted by atomic mass is 19.1. The molecule has 1 heterocycles. The van der Waals surface area contributed by atoms with Crippen LogP contribution < -0.4 is 10.6 Å². The van der Waals surface area contributed by atoms with Crippen LogP contribution in [0.4, 0.5) is 18.0 Å². The molecule has 172 valence electrons. The normalized spacial score (nSPS) is 14.3. The lowest BCUT2D eigenvalue weighted by molar-refractivity contribution is 0.210. The molecule has 1 fully saturated rings. The maximum absolute atomic E-state index is 13.5. The maximum atomic E-state index is 13.5. The minimum Gasteiger partial charge on any atom is -0.394 e. The van der Waals surface area contributed by atoms with Crippen molar-refractivity contribution in [2.45, 2.75) is 38.6 Å². The lowest BCUT2D eigenvalue weighted by Gasteiger charge is -2.25. The van der Waals surface area contributed by atoms with Gasteiger partial charge in [0.15, 0.2) is 0 Å². The van der Waals surface area contributed by atoms with Crippen LogP contribution in [-0.4, -0.2) is 35.3 Å². The van der Waals surface area contributed by atoms with Crippen LogP contribution in [-0.2, 0) is 0 Å². The first kappa shape index (κ1) is 23.7. The second-order valence-electron chi connectivity index (χ2n) is 7.98. The van der Waals surface area contributed by atoms with Crippen molar-refractivity contribution in [1.82, 2.24) is 15.6 Å². The van der Waals surface area contributed by atoms with E-state index in [0.717, 1.165) is 19.0 Å². The number of benzene rings is 2. The predicted octanol–water partition coefficient (Wildman–Crippen LogP) is 5.11. The molecular weight excluding hydrogens is 419 g/mol. The topological polar surface area (TPSA) is 77.2 Å². The molecule has 1 aliphatic rings. The Morgan fingerprint density at radius 1 is 1.12 bits per heavy atom. The molecule has 1 atom stereocenters. The van der Waals surface area contributed by atoms with Crippen LogP contribution in [0.5, 0.6) is 0 Å². The van der Waals surface area contributed by atoms with Crippen molar-refractivity contribution in [3.05, 3.63) is 59.9 Å². The molecule has 2 aromatic carbocycles. The Kier molecular flexibility index (Phi) is 8.16. The Labute approximate surface area is 185 Å². The fraction of sp³-hybridized carbons (Fsp3) is 0.375. The minimum atomic E-state index is -0.640. The number of amides is 2. The van der Waals surface area contributed by atoms with Crippen LogP contribution in [0, 0.1) is 23.4 Å². The van der Waals surface area contributed by atoms with E-state index in [0.29, 0.717) is 22.6 Å². The number of aromatic amines is 1. The van der Waals surface area contributed by atoms with E-state index < -0.39 is 11.6 Å². The van der Waals surface area contributed by atoms with Gasteiger partial charge in [-0.1, -0.05) is 13.3 Å². The van der Waals surface area contributed by atoms with Gasteiger partial charge >= 0.3 is 6.03 Å². The third-order valence-corrected chi connectivity index (χ3v) is 5.62. The Balaban J connectivity index is 0.000000188. The Bertz CT molecular complexity index is 1030. The fourth-order valence-electron chi connectivity index (χ4n) is 3.40. The molecule has 5 nitrogen and oxygen atoms in total. The lowest BCUT2D eigenvalue weighted by Crippen LogP contribution is -2.45. The Morgan fingerprint density at radius 3 is 2.44 bits per heavy atom. The molecule has 32 heavy (non-hydrogen) atoms. The molecule has 0 spiro atoms. The lowest BCUT2D eigenvalue weighted by atomic mass is 9.85. The van der Waals surface area contributed by atoms with Gasteiger partial charge in [0, 0.05) is 23.7 Å². The van der Waals surface area contributed by atoms with Crippen LogP contribution in [0.15, 0.2) is 42.5 Å². The van der Waals surface area contributed by atoms with Gasteiger partial charge in [0.2, 0.25) is 0 Å². The Morgan fingerprint density at radius 2 is 1.84 bits per heavy atom. The zero-order valence-corrected chi connectivity index (χ0v) is 17.9. The molecule has 0 radical (unpaired) electrons. The van der Waals surface area contributed by atoms with Crippen molar-refractivity contribution < 1.29 is 23.1 Å². The summed E-state index contributed by atoms with van der Waals surface area (Å²) < 4.78 is 39.4. The highest BCUT2D eigenvalue weighted by Crippen LogP contribution is 2.27. The first-order chi connectivity index (χ1) is 15.4. The molecule has 2 amide bonds. The first-order valence-electron chi connectivity index (χ1n) is 10.8. The molecule has 8 heteroatoms. The van der Waals surface area contributed by atoms with Gasteiger partial charge in [0.25, 0.3) is 0 Å². The van der Waals surface area contributed by atoms with Gasteiger partial charge in [-0.15, -0.1) is 0 Å². The second-order valence-corrected chi connectivity index (χ2v) is 7.98. The summed E-state index contributed by atoms with van der Waals surface area (Å²) in [4.78, 5) is 14.1. The van der Waals surface area contributed by atoms with E-state index in [1.54, 1.807) is 18.2 Å². The van der Waals surface area contributed by atoms with Gasteiger partial charge in [0.1, 0.15) is 17.5 Å². The number of aliphatic hydroxyl groups is 1. The van der Waals surface area contributed by atoms with Gasteiger partial charge in [-0.25, -0.2) is 18.0 Å². The summed E-state index contributed by atoms with van der Waals surface area (Å²) in [5.74, 6) is -0.926. The highest BCUT2D eigenvalue weighted by molar-refractivity contribution is 5.86. The zero-order chi connectivity index (χ0) is 23.1. The molecule has 3 aromatic rings. The average molecular weight is 448 g/mol. The van der Waals surface area contributed by atoms with Crippen LogP contribution in [0.1, 0.15) is 32.6 Å². The van der Waals surface area contributed by atoms with Gasteiger partial charge in [-0.2, -0.15) is 0 Å². The van der Waals surface area contributed by atoms with E-state index in [-0.39, 0.29) is 30.0 Å². The molecule has 1 aliphatic carbocycles. The third-order valence-electron chi connectivity index (χ3n) is 5.62. The van der Waals surface area contributed by atoms with E-state index >= 15 is 0 Å². The van der Waals surface area contributed by atoms with Crippen LogP contribution >= 0.6 is 0 Å². The van der Waals surface area contributed by atoms with Gasteiger partial charge in [-0.05, 0) is 67.1 Å². The molecule has 4 N–H and O–H groups in total. The van der Waals surface area contributed by atoms with E-state index in [2.05, 4.69) is 15.6 Å². The summed E-state index contributed by atoms with van der Waals surface area (Å²) in [6.45, 7) is 2.72. The number of aliphatic hydroxyl groups excluding tert-OH is 1. The molecule has 1 saturated carbocycles. The van der Waals surface area contributed by atoms with E-state index in [4.69, 9.17) is 5.11 Å². The molecule has 1 unspecified atom stereocenters. The van der Waals surface area contributed by atoms with E-state index in [1.165, 1.54) is 37.5 Å². The van der Waals surface area contributed by atoms with Crippen molar-refractivity contribution in [2.75, 3.05) is 13.2 Å². The molecule has 0 bridgehead atoms. The molecule has 0 saturated heterocycles. The van der Waals surface area contributed by atoms with Crippen molar-refractivity contribution in [3.8, 4) is 11.3 Å². The number of H-pyrrole nitrogens is 1. The number of carbonyl (C=O) groups excluding carboxylic acids is 1. The van der Waals surface area contributed by atoms with Gasteiger partial charge < -0.3 is 20.7 Å². The quantitative estimate of drug-likeness (QED) is 0.424. The summed E-state index contributed by atoms with van der Waals surface area (Å²) in [7, 11) is 0. The van der Waals surface area contributed by atoms with Crippen LogP contribution in [0.3, 0.4) is 0 Å². The number of carbonyl (C=O) groups is 1. The number of hydrogen-bond donors (Lipinski definition) is 4. The summed E-state index contributed by atoms with van der Waals surface area (Å²) in [5.41, 5.74) is 1.58. The third kappa shape index (κ3) is 6.26. The first-order valence-corrected chi connectivity index (χ1v) is 10.8. The largest absolute Gasteiger partial charge is 0.394 e. The molecule has 0 aliphatic heterocycles. The number of fused-ring (bicyclic) bond motifs is 1. The van der Waals surface area contributed by atoms with Crippen molar-refractivity contribution in [2.24, 2.45) is 5.92 Å². The standard InChI is InChI=1S/C14H8F3N.C10H20N2O2/c15-10-3-1-8(2-4-10)13-6-9-5-11(16)7-12(17)14(9)18-13;1-2-9(7-13)12-10(14)11-6-8-4-3-5-8/h1-7,18H;8-9,13H,2-7H2,1H3,(H2,11,12,14). The number of nitrogens with one attached hydrogen (secondary N) is 3. The zero-order valence-electron chi connectivity index (χ0n) is 17.9.